The Hall–Kier alpha value is -2.78. The number of anilines is 1. The van der Waals surface area contributed by atoms with E-state index in [0.29, 0.717) is 29.4 Å². The number of methoxy groups -OCH3 is 1. The number of halogens is 1. The van der Waals surface area contributed by atoms with Crippen LogP contribution in [0.3, 0.4) is 0 Å². The van der Waals surface area contributed by atoms with Crippen molar-refractivity contribution in [2.75, 3.05) is 30.8 Å². The standard InChI is InChI=1S/C23H30ClN3O5S/c1-5-21(23(29)25-6-2)26(15-17-7-9-18(24)10-8-17)22(28)16-27(33(4,30)31)19-11-13-20(32-3)14-12-19/h7-14,21H,5-6,15-16H2,1-4H3,(H,25,29). The Morgan fingerprint density at radius 1 is 1.06 bits per heavy atom. The molecule has 8 nitrogen and oxygen atoms in total. The Balaban J connectivity index is 2.40. The van der Waals surface area contributed by atoms with Crippen LogP contribution in [0.1, 0.15) is 25.8 Å². The van der Waals surface area contributed by atoms with Gasteiger partial charge in [0.2, 0.25) is 21.8 Å². The number of carbonyl (C=O) groups is 2. The summed E-state index contributed by atoms with van der Waals surface area (Å²) < 4.78 is 31.2. The average molecular weight is 496 g/mol. The molecule has 0 aliphatic carbocycles. The predicted octanol–water partition coefficient (Wildman–Crippen LogP) is 3.06. The number of benzene rings is 2. The minimum atomic E-state index is -3.78. The molecule has 33 heavy (non-hydrogen) atoms. The van der Waals surface area contributed by atoms with E-state index in [0.717, 1.165) is 16.1 Å². The summed E-state index contributed by atoms with van der Waals surface area (Å²) in [6.45, 7) is 3.70. The number of sulfonamides is 1. The zero-order valence-corrected chi connectivity index (χ0v) is 20.8. The van der Waals surface area contributed by atoms with Gasteiger partial charge < -0.3 is 15.0 Å². The third-order valence-corrected chi connectivity index (χ3v) is 6.44. The Kier molecular flexibility index (Phi) is 9.55. The van der Waals surface area contributed by atoms with E-state index in [1.807, 2.05) is 0 Å². The highest BCUT2D eigenvalue weighted by Gasteiger charge is 2.31. The third-order valence-electron chi connectivity index (χ3n) is 5.04. The molecule has 0 aliphatic rings. The first-order chi connectivity index (χ1) is 15.6. The molecule has 0 radical (unpaired) electrons. The second-order valence-electron chi connectivity index (χ2n) is 7.43. The van der Waals surface area contributed by atoms with Crippen LogP contribution in [-0.4, -0.2) is 57.6 Å². The van der Waals surface area contributed by atoms with Crippen molar-refractivity contribution in [3.8, 4) is 5.75 Å². The first kappa shape index (κ1) is 26.5. The third kappa shape index (κ3) is 7.36. The molecule has 10 heteroatoms. The molecule has 0 spiro atoms. The summed E-state index contributed by atoms with van der Waals surface area (Å²) in [5.74, 6) is -0.230. The van der Waals surface area contributed by atoms with E-state index in [1.54, 1.807) is 62.4 Å². The van der Waals surface area contributed by atoms with Gasteiger partial charge in [-0.05, 0) is 55.3 Å². The van der Waals surface area contributed by atoms with Crippen molar-refractivity contribution in [3.05, 3.63) is 59.1 Å². The summed E-state index contributed by atoms with van der Waals surface area (Å²) in [5, 5.41) is 3.31. The molecular formula is C23H30ClN3O5S. The van der Waals surface area contributed by atoms with Gasteiger partial charge in [0, 0.05) is 18.1 Å². The molecule has 2 aromatic rings. The van der Waals surface area contributed by atoms with Gasteiger partial charge in [-0.1, -0.05) is 30.7 Å². The van der Waals surface area contributed by atoms with Crippen LogP contribution < -0.4 is 14.4 Å². The van der Waals surface area contributed by atoms with Gasteiger partial charge in [0.05, 0.1) is 19.1 Å². The molecule has 1 N–H and O–H groups in total. The first-order valence-corrected chi connectivity index (χ1v) is 12.8. The van der Waals surface area contributed by atoms with Gasteiger partial charge >= 0.3 is 0 Å². The number of hydrogen-bond acceptors (Lipinski definition) is 5. The first-order valence-electron chi connectivity index (χ1n) is 10.5. The van der Waals surface area contributed by atoms with Gasteiger partial charge in [0.1, 0.15) is 18.3 Å². The van der Waals surface area contributed by atoms with Crippen LogP contribution in [0, 0.1) is 0 Å². The van der Waals surface area contributed by atoms with E-state index in [1.165, 1.54) is 12.0 Å². The number of nitrogens with zero attached hydrogens (tertiary/aromatic N) is 2. The van der Waals surface area contributed by atoms with Crippen LogP contribution in [-0.2, 0) is 26.2 Å². The molecule has 2 amide bonds. The maximum Gasteiger partial charge on any atom is 0.244 e. The number of amides is 2. The Morgan fingerprint density at radius 2 is 1.67 bits per heavy atom. The normalized spacial score (nSPS) is 12.0. The van der Waals surface area contributed by atoms with Gasteiger partial charge in [-0.15, -0.1) is 0 Å². The molecular weight excluding hydrogens is 466 g/mol. The van der Waals surface area contributed by atoms with E-state index in [-0.39, 0.29) is 12.5 Å². The highest BCUT2D eigenvalue weighted by atomic mass is 35.5. The summed E-state index contributed by atoms with van der Waals surface area (Å²) in [7, 11) is -2.27. The number of hydrogen-bond donors (Lipinski definition) is 1. The molecule has 2 aromatic carbocycles. The van der Waals surface area contributed by atoms with Crippen molar-refractivity contribution in [2.24, 2.45) is 0 Å². The average Bonchev–Trinajstić information content (AvgIpc) is 2.78. The summed E-state index contributed by atoms with van der Waals surface area (Å²) in [6.07, 6.45) is 1.40. The number of likely N-dealkylation sites (N-methyl/N-ethyl adjacent to an activating group) is 1. The zero-order valence-electron chi connectivity index (χ0n) is 19.2. The lowest BCUT2D eigenvalue weighted by molar-refractivity contribution is -0.140. The van der Waals surface area contributed by atoms with Gasteiger partial charge in [0.15, 0.2) is 0 Å². The summed E-state index contributed by atoms with van der Waals surface area (Å²) >= 11 is 5.97. The lowest BCUT2D eigenvalue weighted by atomic mass is 10.1. The SMILES string of the molecule is CCNC(=O)C(CC)N(Cc1ccc(Cl)cc1)C(=O)CN(c1ccc(OC)cc1)S(C)(=O)=O. The number of carbonyl (C=O) groups excluding carboxylic acids is 2. The zero-order chi connectivity index (χ0) is 24.6. The van der Waals surface area contributed by atoms with E-state index in [2.05, 4.69) is 5.32 Å². The fourth-order valence-electron chi connectivity index (χ4n) is 3.36. The van der Waals surface area contributed by atoms with Crippen molar-refractivity contribution in [1.82, 2.24) is 10.2 Å². The van der Waals surface area contributed by atoms with Crippen molar-refractivity contribution >= 4 is 39.1 Å². The summed E-state index contributed by atoms with van der Waals surface area (Å²) in [4.78, 5) is 27.6. The van der Waals surface area contributed by atoms with Crippen LogP contribution >= 0.6 is 11.6 Å². The topological polar surface area (TPSA) is 96.0 Å². The minimum absolute atomic E-state index is 0.131. The summed E-state index contributed by atoms with van der Waals surface area (Å²) in [5.41, 5.74) is 1.09. The van der Waals surface area contributed by atoms with Crippen molar-refractivity contribution in [1.29, 1.82) is 0 Å². The molecule has 0 bridgehead atoms. The number of rotatable bonds is 11. The molecule has 2 rings (SSSR count). The van der Waals surface area contributed by atoms with Gasteiger partial charge in [0.25, 0.3) is 0 Å². The monoisotopic (exact) mass is 495 g/mol. The van der Waals surface area contributed by atoms with Crippen LogP contribution in [0.5, 0.6) is 5.75 Å². The second kappa shape index (κ2) is 11.9. The number of ether oxygens (including phenoxy) is 1. The number of nitrogens with one attached hydrogen (secondary N) is 1. The molecule has 1 atom stereocenters. The van der Waals surface area contributed by atoms with Crippen LogP contribution in [0.15, 0.2) is 48.5 Å². The van der Waals surface area contributed by atoms with Crippen molar-refractivity contribution < 1.29 is 22.7 Å². The van der Waals surface area contributed by atoms with E-state index >= 15 is 0 Å². The Labute approximate surface area is 200 Å². The fourth-order valence-corrected chi connectivity index (χ4v) is 4.34. The van der Waals surface area contributed by atoms with Crippen LogP contribution in [0.4, 0.5) is 5.69 Å². The van der Waals surface area contributed by atoms with Crippen molar-refractivity contribution in [3.63, 3.8) is 0 Å². The van der Waals surface area contributed by atoms with Gasteiger partial charge in [-0.3, -0.25) is 13.9 Å². The Bertz CT molecular complexity index is 1040. The molecule has 0 fully saturated rings. The molecule has 0 aromatic heterocycles. The molecule has 0 saturated heterocycles. The molecule has 0 heterocycles. The van der Waals surface area contributed by atoms with E-state index in [9.17, 15) is 18.0 Å². The lowest BCUT2D eigenvalue weighted by Gasteiger charge is -2.32. The molecule has 180 valence electrons. The maximum atomic E-state index is 13.5. The minimum Gasteiger partial charge on any atom is -0.497 e. The smallest absolute Gasteiger partial charge is 0.244 e. The molecule has 1 unspecified atom stereocenters. The van der Waals surface area contributed by atoms with E-state index in [4.69, 9.17) is 16.3 Å². The fraction of sp³-hybridized carbons (Fsp3) is 0.391. The predicted molar refractivity (Wildman–Crippen MR) is 130 cm³/mol. The quantitative estimate of drug-likeness (QED) is 0.517. The molecule has 0 aliphatic heterocycles. The highest BCUT2D eigenvalue weighted by Crippen LogP contribution is 2.23. The van der Waals surface area contributed by atoms with Gasteiger partial charge in [-0.25, -0.2) is 8.42 Å². The van der Waals surface area contributed by atoms with Crippen LogP contribution in [0.2, 0.25) is 5.02 Å². The molecule has 0 saturated carbocycles. The summed E-state index contributed by atoms with van der Waals surface area (Å²) in [6, 6.07) is 12.6. The highest BCUT2D eigenvalue weighted by molar-refractivity contribution is 7.92. The maximum absolute atomic E-state index is 13.5. The van der Waals surface area contributed by atoms with E-state index < -0.39 is 28.5 Å². The van der Waals surface area contributed by atoms with Crippen molar-refractivity contribution in [2.45, 2.75) is 32.9 Å². The lowest BCUT2D eigenvalue weighted by Crippen LogP contribution is -2.52. The van der Waals surface area contributed by atoms with Crippen LogP contribution in [0.25, 0.3) is 0 Å². The van der Waals surface area contributed by atoms with Gasteiger partial charge in [-0.2, -0.15) is 0 Å². The largest absolute Gasteiger partial charge is 0.497 e. The Morgan fingerprint density at radius 3 is 2.15 bits per heavy atom. The second-order valence-corrected chi connectivity index (χ2v) is 9.78.